The van der Waals surface area contributed by atoms with Gasteiger partial charge in [0, 0.05) is 31.9 Å². The predicted molar refractivity (Wildman–Crippen MR) is 105 cm³/mol. The topological polar surface area (TPSA) is 58.5 Å². The van der Waals surface area contributed by atoms with Crippen LogP contribution in [0.25, 0.3) is 0 Å². The Morgan fingerprint density at radius 3 is 2.85 bits per heavy atom. The van der Waals surface area contributed by atoms with Crippen molar-refractivity contribution in [2.75, 3.05) is 20.2 Å². The predicted octanol–water partition coefficient (Wildman–Crippen LogP) is 3.48. The molecule has 1 atom stereocenters. The van der Waals surface area contributed by atoms with Crippen molar-refractivity contribution < 1.29 is 9.13 Å². The summed E-state index contributed by atoms with van der Waals surface area (Å²) in [4.78, 5) is 8.54. The van der Waals surface area contributed by atoms with Gasteiger partial charge in [0.05, 0.1) is 12.6 Å². The molecule has 5 nitrogen and oxygen atoms in total. The van der Waals surface area contributed by atoms with Gasteiger partial charge < -0.3 is 15.4 Å². The number of hydrogen-bond donors (Lipinski definition) is 2. The van der Waals surface area contributed by atoms with E-state index in [1.54, 1.807) is 19.3 Å². The molecule has 0 radical (unpaired) electrons. The van der Waals surface area contributed by atoms with Gasteiger partial charge in [0.2, 0.25) is 0 Å². The van der Waals surface area contributed by atoms with E-state index in [1.807, 2.05) is 31.2 Å². The van der Waals surface area contributed by atoms with Gasteiger partial charge in [-0.3, -0.25) is 9.98 Å². The molecule has 144 valence electrons. The first-order valence-electron chi connectivity index (χ1n) is 9.45. The Labute approximate surface area is 160 Å². The summed E-state index contributed by atoms with van der Waals surface area (Å²) in [5.41, 5.74) is 1.87. The zero-order valence-electron chi connectivity index (χ0n) is 15.9. The van der Waals surface area contributed by atoms with E-state index in [-0.39, 0.29) is 11.9 Å². The third-order valence-corrected chi connectivity index (χ3v) is 4.60. The molecule has 1 aromatic carbocycles. The van der Waals surface area contributed by atoms with Crippen LogP contribution in [-0.2, 0) is 6.42 Å². The molecule has 1 aromatic heterocycles. The average molecular weight is 370 g/mol. The van der Waals surface area contributed by atoms with Crippen molar-refractivity contribution in [3.8, 4) is 5.75 Å². The summed E-state index contributed by atoms with van der Waals surface area (Å²) in [5.74, 6) is 1.29. The molecular weight excluding hydrogens is 343 g/mol. The smallest absolute Gasteiger partial charge is 0.191 e. The molecule has 3 rings (SSSR count). The normalized spacial score (nSPS) is 15.3. The summed E-state index contributed by atoms with van der Waals surface area (Å²) in [6.07, 6.45) is 4.97. The van der Waals surface area contributed by atoms with Crippen LogP contribution >= 0.6 is 0 Å². The Balaban J connectivity index is 1.49. The maximum atomic E-state index is 14.3. The van der Waals surface area contributed by atoms with E-state index in [0.29, 0.717) is 30.8 Å². The molecular formula is C21H27FN4O. The number of halogens is 1. The molecule has 6 heteroatoms. The van der Waals surface area contributed by atoms with E-state index in [1.165, 1.54) is 18.9 Å². The van der Waals surface area contributed by atoms with Crippen LogP contribution in [0.2, 0.25) is 0 Å². The van der Waals surface area contributed by atoms with Crippen LogP contribution in [0.4, 0.5) is 4.39 Å². The third-order valence-electron chi connectivity index (χ3n) is 4.60. The fraction of sp³-hybridized carbons (Fsp3) is 0.429. The van der Waals surface area contributed by atoms with Crippen LogP contribution in [0, 0.1) is 11.7 Å². The molecule has 1 fully saturated rings. The minimum atomic E-state index is -0.320. The number of rotatable bonds is 8. The number of hydrogen-bond acceptors (Lipinski definition) is 3. The van der Waals surface area contributed by atoms with Crippen molar-refractivity contribution >= 4 is 5.96 Å². The second-order valence-corrected chi connectivity index (χ2v) is 6.88. The number of nitrogens with zero attached hydrogens (tertiary/aromatic N) is 2. The molecule has 0 aliphatic heterocycles. The first kappa shape index (κ1) is 19.1. The summed E-state index contributed by atoms with van der Waals surface area (Å²) in [5, 5.41) is 6.55. The van der Waals surface area contributed by atoms with Crippen molar-refractivity contribution in [2.45, 2.75) is 32.2 Å². The average Bonchev–Trinajstić information content (AvgIpc) is 3.51. The SMILES string of the molecule is CN=C(NCCc1ccccn1)NC(C)c1ccc(OCC2CC2)c(F)c1. The highest BCUT2D eigenvalue weighted by Gasteiger charge is 2.22. The molecule has 0 saturated heterocycles. The standard InChI is InChI=1S/C21H27FN4O/c1-15(17-8-9-20(19(22)13-17)27-14-16-6-7-16)26-21(23-2)25-12-10-18-5-3-4-11-24-18/h3-5,8-9,11,13,15-16H,6-7,10,12,14H2,1-2H3,(H2,23,25,26). The van der Waals surface area contributed by atoms with Crippen molar-refractivity contribution in [2.24, 2.45) is 10.9 Å². The van der Waals surface area contributed by atoms with Crippen LogP contribution in [-0.4, -0.2) is 31.1 Å². The van der Waals surface area contributed by atoms with Crippen LogP contribution < -0.4 is 15.4 Å². The minimum absolute atomic E-state index is 0.0852. The van der Waals surface area contributed by atoms with Gasteiger partial charge >= 0.3 is 0 Å². The van der Waals surface area contributed by atoms with E-state index in [0.717, 1.165) is 17.7 Å². The van der Waals surface area contributed by atoms with Gasteiger partial charge in [-0.2, -0.15) is 0 Å². The molecule has 1 unspecified atom stereocenters. The molecule has 27 heavy (non-hydrogen) atoms. The first-order valence-corrected chi connectivity index (χ1v) is 9.45. The summed E-state index contributed by atoms with van der Waals surface area (Å²) in [6, 6.07) is 10.9. The molecule has 0 amide bonds. The lowest BCUT2D eigenvalue weighted by molar-refractivity contribution is 0.285. The lowest BCUT2D eigenvalue weighted by atomic mass is 10.1. The largest absolute Gasteiger partial charge is 0.490 e. The summed E-state index contributed by atoms with van der Waals surface area (Å²) in [7, 11) is 1.72. The minimum Gasteiger partial charge on any atom is -0.490 e. The van der Waals surface area contributed by atoms with Crippen molar-refractivity contribution in [3.63, 3.8) is 0 Å². The molecule has 2 N–H and O–H groups in total. The fourth-order valence-corrected chi connectivity index (χ4v) is 2.73. The molecule has 1 aliphatic rings. The Bertz CT molecular complexity index is 762. The number of pyridine rings is 1. The maximum Gasteiger partial charge on any atom is 0.191 e. The zero-order chi connectivity index (χ0) is 19.1. The molecule has 2 aromatic rings. The number of benzene rings is 1. The Morgan fingerprint density at radius 1 is 1.33 bits per heavy atom. The van der Waals surface area contributed by atoms with Gasteiger partial charge in [-0.15, -0.1) is 0 Å². The molecule has 1 saturated carbocycles. The summed E-state index contributed by atoms with van der Waals surface area (Å²) in [6.45, 7) is 3.30. The number of aromatic nitrogens is 1. The monoisotopic (exact) mass is 370 g/mol. The molecule has 0 spiro atoms. The lowest BCUT2D eigenvalue weighted by Crippen LogP contribution is -2.39. The third kappa shape index (κ3) is 5.94. The van der Waals surface area contributed by atoms with E-state index in [4.69, 9.17) is 4.74 Å². The summed E-state index contributed by atoms with van der Waals surface area (Å²) < 4.78 is 19.8. The van der Waals surface area contributed by atoms with Gasteiger partial charge in [0.25, 0.3) is 0 Å². The number of guanidine groups is 1. The second-order valence-electron chi connectivity index (χ2n) is 6.88. The fourth-order valence-electron chi connectivity index (χ4n) is 2.73. The van der Waals surface area contributed by atoms with Crippen LogP contribution in [0.5, 0.6) is 5.75 Å². The number of nitrogens with one attached hydrogen (secondary N) is 2. The summed E-state index contributed by atoms with van der Waals surface area (Å²) >= 11 is 0. The van der Waals surface area contributed by atoms with Gasteiger partial charge in [-0.05, 0) is 55.5 Å². The van der Waals surface area contributed by atoms with Crippen molar-refractivity contribution in [1.82, 2.24) is 15.6 Å². The van der Waals surface area contributed by atoms with E-state index >= 15 is 0 Å². The second kappa shape index (κ2) is 9.35. The lowest BCUT2D eigenvalue weighted by Gasteiger charge is -2.19. The molecule has 1 heterocycles. The van der Waals surface area contributed by atoms with Crippen LogP contribution in [0.1, 0.15) is 37.1 Å². The highest BCUT2D eigenvalue weighted by Crippen LogP contribution is 2.30. The van der Waals surface area contributed by atoms with Crippen molar-refractivity contribution in [1.29, 1.82) is 0 Å². The first-order chi connectivity index (χ1) is 13.2. The quantitative estimate of drug-likeness (QED) is 0.552. The molecule has 0 bridgehead atoms. The van der Waals surface area contributed by atoms with Gasteiger partial charge in [0.15, 0.2) is 17.5 Å². The van der Waals surface area contributed by atoms with Crippen molar-refractivity contribution in [3.05, 3.63) is 59.7 Å². The Morgan fingerprint density at radius 2 is 2.19 bits per heavy atom. The molecule has 1 aliphatic carbocycles. The van der Waals surface area contributed by atoms with Crippen LogP contribution in [0.3, 0.4) is 0 Å². The highest BCUT2D eigenvalue weighted by atomic mass is 19.1. The highest BCUT2D eigenvalue weighted by molar-refractivity contribution is 5.80. The number of aliphatic imine (C=N–C) groups is 1. The van der Waals surface area contributed by atoms with E-state index in [2.05, 4.69) is 20.6 Å². The van der Waals surface area contributed by atoms with Gasteiger partial charge in [0.1, 0.15) is 0 Å². The van der Waals surface area contributed by atoms with Gasteiger partial charge in [-0.25, -0.2) is 4.39 Å². The van der Waals surface area contributed by atoms with Gasteiger partial charge in [-0.1, -0.05) is 12.1 Å². The maximum absolute atomic E-state index is 14.3. The Kier molecular flexibility index (Phi) is 6.63. The van der Waals surface area contributed by atoms with Crippen LogP contribution in [0.15, 0.2) is 47.6 Å². The zero-order valence-corrected chi connectivity index (χ0v) is 15.9. The van der Waals surface area contributed by atoms with E-state index < -0.39 is 0 Å². The van der Waals surface area contributed by atoms with E-state index in [9.17, 15) is 4.39 Å². The number of ether oxygens (including phenoxy) is 1. The Hall–Kier alpha value is -2.63.